The predicted octanol–water partition coefficient (Wildman–Crippen LogP) is 2.91. The van der Waals surface area contributed by atoms with Gasteiger partial charge in [0, 0.05) is 7.11 Å². The van der Waals surface area contributed by atoms with E-state index in [1.54, 1.807) is 7.11 Å². The molecule has 0 saturated heterocycles. The van der Waals surface area contributed by atoms with Crippen molar-refractivity contribution in [2.75, 3.05) is 13.7 Å². The van der Waals surface area contributed by atoms with Crippen molar-refractivity contribution in [2.24, 2.45) is 5.73 Å². The van der Waals surface area contributed by atoms with Crippen LogP contribution >= 0.6 is 0 Å². The van der Waals surface area contributed by atoms with Crippen LogP contribution in [0.25, 0.3) is 0 Å². The molecule has 0 heterocycles. The standard InChI is InChI=1S/C16H19NO2/c1-18-11-13-6-5-9-15(10-13)19-12-16(17)14-7-3-2-4-8-14/h2-10,16H,11-12,17H2,1H3. The van der Waals surface area contributed by atoms with Crippen LogP contribution in [0, 0.1) is 0 Å². The summed E-state index contributed by atoms with van der Waals surface area (Å²) in [4.78, 5) is 0. The first kappa shape index (κ1) is 13.6. The fraction of sp³-hybridized carbons (Fsp3) is 0.250. The molecule has 0 aliphatic heterocycles. The van der Waals surface area contributed by atoms with Crippen LogP contribution in [0.15, 0.2) is 54.6 Å². The fourth-order valence-corrected chi connectivity index (χ4v) is 1.87. The largest absolute Gasteiger partial charge is 0.492 e. The molecule has 0 bridgehead atoms. The summed E-state index contributed by atoms with van der Waals surface area (Å²) in [5.74, 6) is 0.820. The Hall–Kier alpha value is -1.84. The number of nitrogens with two attached hydrogens (primary N) is 1. The van der Waals surface area contributed by atoms with Crippen LogP contribution in [-0.2, 0) is 11.3 Å². The summed E-state index contributed by atoms with van der Waals surface area (Å²) in [6, 6.07) is 17.7. The van der Waals surface area contributed by atoms with E-state index in [2.05, 4.69) is 0 Å². The number of methoxy groups -OCH3 is 1. The van der Waals surface area contributed by atoms with Gasteiger partial charge in [0.25, 0.3) is 0 Å². The maximum Gasteiger partial charge on any atom is 0.119 e. The van der Waals surface area contributed by atoms with Gasteiger partial charge in [-0.15, -0.1) is 0 Å². The van der Waals surface area contributed by atoms with Crippen LogP contribution in [-0.4, -0.2) is 13.7 Å². The maximum atomic E-state index is 6.09. The summed E-state index contributed by atoms with van der Waals surface area (Å²) in [5, 5.41) is 0. The zero-order chi connectivity index (χ0) is 13.5. The second kappa shape index (κ2) is 6.92. The highest BCUT2D eigenvalue weighted by Crippen LogP contribution is 2.16. The van der Waals surface area contributed by atoms with E-state index in [4.69, 9.17) is 15.2 Å². The van der Waals surface area contributed by atoms with Crippen LogP contribution in [0.1, 0.15) is 17.2 Å². The maximum absolute atomic E-state index is 6.09. The molecule has 1 unspecified atom stereocenters. The second-order valence-corrected chi connectivity index (χ2v) is 4.41. The quantitative estimate of drug-likeness (QED) is 0.865. The molecule has 0 radical (unpaired) electrons. The number of rotatable bonds is 6. The minimum absolute atomic E-state index is 0.118. The normalized spacial score (nSPS) is 12.1. The third-order valence-corrected chi connectivity index (χ3v) is 2.87. The van der Waals surface area contributed by atoms with E-state index in [0.717, 1.165) is 16.9 Å². The van der Waals surface area contributed by atoms with Crippen molar-refractivity contribution < 1.29 is 9.47 Å². The van der Waals surface area contributed by atoms with E-state index in [-0.39, 0.29) is 6.04 Å². The van der Waals surface area contributed by atoms with Crippen LogP contribution in [0.5, 0.6) is 5.75 Å². The Morgan fingerprint density at radius 1 is 1.05 bits per heavy atom. The topological polar surface area (TPSA) is 44.5 Å². The summed E-state index contributed by atoms with van der Waals surface area (Å²) in [6.07, 6.45) is 0. The third-order valence-electron chi connectivity index (χ3n) is 2.87. The van der Waals surface area contributed by atoms with Gasteiger partial charge in [-0.2, -0.15) is 0 Å². The zero-order valence-corrected chi connectivity index (χ0v) is 11.1. The number of benzene rings is 2. The Labute approximate surface area is 114 Å². The summed E-state index contributed by atoms with van der Waals surface area (Å²) in [6.45, 7) is 1.04. The van der Waals surface area contributed by atoms with Crippen molar-refractivity contribution in [3.63, 3.8) is 0 Å². The average molecular weight is 257 g/mol. The van der Waals surface area contributed by atoms with Gasteiger partial charge in [0.15, 0.2) is 0 Å². The first-order valence-corrected chi connectivity index (χ1v) is 6.31. The molecule has 3 nitrogen and oxygen atoms in total. The van der Waals surface area contributed by atoms with E-state index in [1.165, 1.54) is 0 Å². The van der Waals surface area contributed by atoms with E-state index < -0.39 is 0 Å². The van der Waals surface area contributed by atoms with Gasteiger partial charge >= 0.3 is 0 Å². The van der Waals surface area contributed by atoms with Crippen LogP contribution in [0.4, 0.5) is 0 Å². The first-order valence-electron chi connectivity index (χ1n) is 6.31. The highest BCUT2D eigenvalue weighted by Gasteiger charge is 2.06. The molecule has 0 aliphatic carbocycles. The molecule has 0 aliphatic rings. The minimum atomic E-state index is -0.118. The Balaban J connectivity index is 1.93. The Morgan fingerprint density at radius 3 is 2.58 bits per heavy atom. The van der Waals surface area contributed by atoms with Gasteiger partial charge in [-0.1, -0.05) is 42.5 Å². The molecule has 19 heavy (non-hydrogen) atoms. The van der Waals surface area contributed by atoms with Gasteiger partial charge < -0.3 is 15.2 Å². The molecular weight excluding hydrogens is 238 g/mol. The van der Waals surface area contributed by atoms with Crippen LogP contribution < -0.4 is 10.5 Å². The van der Waals surface area contributed by atoms with Gasteiger partial charge in [0.1, 0.15) is 12.4 Å². The molecular formula is C16H19NO2. The first-order chi connectivity index (χ1) is 9.29. The summed E-state index contributed by atoms with van der Waals surface area (Å²) in [5.41, 5.74) is 8.26. The highest BCUT2D eigenvalue weighted by atomic mass is 16.5. The molecule has 2 N–H and O–H groups in total. The molecule has 0 amide bonds. The smallest absolute Gasteiger partial charge is 0.119 e. The molecule has 3 heteroatoms. The third kappa shape index (κ3) is 4.09. The molecule has 1 atom stereocenters. The summed E-state index contributed by atoms with van der Waals surface area (Å²) < 4.78 is 10.8. The SMILES string of the molecule is COCc1cccc(OCC(N)c2ccccc2)c1. The zero-order valence-electron chi connectivity index (χ0n) is 11.1. The number of ether oxygens (including phenoxy) is 2. The Kier molecular flexibility index (Phi) is 4.95. The molecule has 2 aromatic carbocycles. The molecule has 2 aromatic rings. The lowest BCUT2D eigenvalue weighted by Gasteiger charge is -2.14. The van der Waals surface area contributed by atoms with Gasteiger partial charge in [-0.25, -0.2) is 0 Å². The lowest BCUT2D eigenvalue weighted by molar-refractivity contribution is 0.184. The lowest BCUT2D eigenvalue weighted by atomic mass is 10.1. The molecule has 2 rings (SSSR count). The molecule has 0 aromatic heterocycles. The molecule has 0 spiro atoms. The summed E-state index contributed by atoms with van der Waals surface area (Å²) in [7, 11) is 1.68. The van der Waals surface area contributed by atoms with Gasteiger partial charge in [0.05, 0.1) is 12.6 Å². The molecule has 0 saturated carbocycles. The lowest BCUT2D eigenvalue weighted by Crippen LogP contribution is -2.18. The van der Waals surface area contributed by atoms with Crippen molar-refractivity contribution in [3.05, 3.63) is 65.7 Å². The van der Waals surface area contributed by atoms with Crippen LogP contribution in [0.2, 0.25) is 0 Å². The molecule has 100 valence electrons. The number of hydrogen-bond donors (Lipinski definition) is 1. The van der Waals surface area contributed by atoms with Crippen molar-refractivity contribution in [2.45, 2.75) is 12.6 Å². The van der Waals surface area contributed by atoms with Crippen molar-refractivity contribution in [1.29, 1.82) is 0 Å². The second-order valence-electron chi connectivity index (χ2n) is 4.41. The van der Waals surface area contributed by atoms with Crippen LogP contribution in [0.3, 0.4) is 0 Å². The Morgan fingerprint density at radius 2 is 1.84 bits per heavy atom. The molecule has 0 fully saturated rings. The van der Waals surface area contributed by atoms with E-state index in [0.29, 0.717) is 13.2 Å². The van der Waals surface area contributed by atoms with Crippen molar-refractivity contribution in [1.82, 2.24) is 0 Å². The van der Waals surface area contributed by atoms with Gasteiger partial charge in [-0.3, -0.25) is 0 Å². The monoisotopic (exact) mass is 257 g/mol. The Bertz CT molecular complexity index is 499. The number of hydrogen-bond acceptors (Lipinski definition) is 3. The fourth-order valence-electron chi connectivity index (χ4n) is 1.87. The van der Waals surface area contributed by atoms with E-state index in [9.17, 15) is 0 Å². The predicted molar refractivity (Wildman–Crippen MR) is 76.0 cm³/mol. The van der Waals surface area contributed by atoms with E-state index >= 15 is 0 Å². The average Bonchev–Trinajstić information content (AvgIpc) is 2.46. The van der Waals surface area contributed by atoms with Crippen molar-refractivity contribution >= 4 is 0 Å². The highest BCUT2D eigenvalue weighted by molar-refractivity contribution is 5.28. The van der Waals surface area contributed by atoms with Gasteiger partial charge in [0.2, 0.25) is 0 Å². The van der Waals surface area contributed by atoms with Crippen molar-refractivity contribution in [3.8, 4) is 5.75 Å². The minimum Gasteiger partial charge on any atom is -0.492 e. The van der Waals surface area contributed by atoms with Gasteiger partial charge in [-0.05, 0) is 23.3 Å². The summed E-state index contributed by atoms with van der Waals surface area (Å²) >= 11 is 0. The van der Waals surface area contributed by atoms with E-state index in [1.807, 2.05) is 54.6 Å².